The molecule has 1 saturated carbocycles. The molecule has 160 valence electrons. The van der Waals surface area contributed by atoms with Crippen LogP contribution in [0.1, 0.15) is 41.7 Å². The molecule has 3 fully saturated rings. The van der Waals surface area contributed by atoms with Gasteiger partial charge in [0.15, 0.2) is 0 Å². The Hall–Kier alpha value is -1.86. The Morgan fingerprint density at radius 2 is 1.90 bits per heavy atom. The van der Waals surface area contributed by atoms with Gasteiger partial charge in [0.25, 0.3) is 5.91 Å². The van der Waals surface area contributed by atoms with Gasteiger partial charge >= 0.3 is 0 Å². The minimum absolute atomic E-state index is 0.0758. The number of hydrogen-bond donors (Lipinski definition) is 1. The summed E-state index contributed by atoms with van der Waals surface area (Å²) in [5.74, 6) is 1.52. The van der Waals surface area contributed by atoms with Crippen molar-refractivity contribution in [2.45, 2.75) is 38.7 Å². The van der Waals surface area contributed by atoms with Gasteiger partial charge < -0.3 is 24.4 Å². The van der Waals surface area contributed by atoms with Crippen molar-refractivity contribution in [1.82, 2.24) is 19.7 Å². The predicted octanol–water partition coefficient (Wildman–Crippen LogP) is 1.41. The van der Waals surface area contributed by atoms with Crippen LogP contribution in [0.15, 0.2) is 12.3 Å². The van der Waals surface area contributed by atoms with E-state index < -0.39 is 0 Å². The van der Waals surface area contributed by atoms with Crippen molar-refractivity contribution in [2.75, 3.05) is 45.9 Å². The Kier molecular flexibility index (Phi) is 6.25. The predicted molar refractivity (Wildman–Crippen MR) is 111 cm³/mol. The molecule has 3 heterocycles. The Labute approximate surface area is 173 Å². The summed E-state index contributed by atoms with van der Waals surface area (Å²) in [6, 6.07) is 1.83. The van der Waals surface area contributed by atoms with Gasteiger partial charge in [0.1, 0.15) is 6.61 Å². The Balaban J connectivity index is 1.22. The van der Waals surface area contributed by atoms with Crippen molar-refractivity contribution < 1.29 is 14.3 Å². The lowest BCUT2D eigenvalue weighted by atomic mass is 9.95. The second-order valence-electron chi connectivity index (χ2n) is 9.05. The number of aromatic nitrogens is 1. The third kappa shape index (κ3) is 5.20. The van der Waals surface area contributed by atoms with Gasteiger partial charge in [0.2, 0.25) is 5.91 Å². The van der Waals surface area contributed by atoms with Crippen molar-refractivity contribution in [3.8, 4) is 0 Å². The number of hydrogen-bond acceptors (Lipinski definition) is 4. The van der Waals surface area contributed by atoms with Crippen molar-refractivity contribution in [1.29, 1.82) is 0 Å². The molecular formula is C22H34N4O3. The topological polar surface area (TPSA) is 66.8 Å². The summed E-state index contributed by atoms with van der Waals surface area (Å²) in [7, 11) is 1.93. The van der Waals surface area contributed by atoms with E-state index in [1.807, 2.05) is 35.7 Å². The van der Waals surface area contributed by atoms with Gasteiger partial charge in [-0.2, -0.15) is 0 Å². The summed E-state index contributed by atoms with van der Waals surface area (Å²) in [6.45, 7) is 7.46. The molecule has 1 aromatic heterocycles. The number of rotatable bonds is 7. The van der Waals surface area contributed by atoms with Gasteiger partial charge in [0, 0.05) is 45.1 Å². The summed E-state index contributed by atoms with van der Waals surface area (Å²) in [6.07, 6.45) is 6.90. The molecule has 0 unspecified atom stereocenters. The second kappa shape index (κ2) is 8.88. The van der Waals surface area contributed by atoms with Crippen molar-refractivity contribution in [3.05, 3.63) is 23.5 Å². The number of ether oxygens (including phenoxy) is 1. The molecule has 2 saturated heterocycles. The SMILES string of the molecule is Cc1c(C(=O)NC[C@@H]2CN(CC3CCN(CC4CC4)CC3)C(=O)CO2)ccn1C. The standard InChI is InChI=1S/C22H34N4O3/c1-16-20(7-8-24(16)2)22(28)23-11-19-14-26(21(27)15-29-19)13-18-5-9-25(10-6-18)12-17-3-4-17/h7-8,17-19H,3-6,9-15H2,1-2H3,(H,23,28)/t19-/m1/s1. The first kappa shape index (κ1) is 20.4. The Morgan fingerprint density at radius 3 is 2.55 bits per heavy atom. The van der Waals surface area contributed by atoms with Gasteiger partial charge in [-0.25, -0.2) is 0 Å². The van der Waals surface area contributed by atoms with E-state index in [1.165, 1.54) is 32.2 Å². The van der Waals surface area contributed by atoms with Crippen molar-refractivity contribution in [3.63, 3.8) is 0 Å². The first-order valence-corrected chi connectivity index (χ1v) is 11.0. The minimum atomic E-state index is -0.143. The van der Waals surface area contributed by atoms with Crippen LogP contribution >= 0.6 is 0 Å². The van der Waals surface area contributed by atoms with E-state index in [0.717, 1.165) is 31.2 Å². The molecule has 7 nitrogen and oxygen atoms in total. The van der Waals surface area contributed by atoms with Crippen LogP contribution in [0, 0.1) is 18.8 Å². The molecule has 2 amide bonds. The second-order valence-corrected chi connectivity index (χ2v) is 9.05. The number of nitrogens with zero attached hydrogens (tertiary/aromatic N) is 3. The first-order valence-electron chi connectivity index (χ1n) is 11.0. The summed E-state index contributed by atoms with van der Waals surface area (Å²) >= 11 is 0. The van der Waals surface area contributed by atoms with Gasteiger partial charge in [-0.3, -0.25) is 9.59 Å². The third-order valence-electron chi connectivity index (χ3n) is 6.74. The molecular weight excluding hydrogens is 368 g/mol. The highest BCUT2D eigenvalue weighted by Crippen LogP contribution is 2.31. The highest BCUT2D eigenvalue weighted by Gasteiger charge is 2.31. The maximum absolute atomic E-state index is 12.4. The Bertz CT molecular complexity index is 734. The van der Waals surface area contributed by atoms with Gasteiger partial charge in [0.05, 0.1) is 11.7 Å². The van der Waals surface area contributed by atoms with Crippen molar-refractivity contribution in [2.24, 2.45) is 18.9 Å². The number of carbonyl (C=O) groups excluding carboxylic acids is 2. The van der Waals surface area contributed by atoms with E-state index in [9.17, 15) is 9.59 Å². The lowest BCUT2D eigenvalue weighted by Crippen LogP contribution is -2.52. The molecule has 29 heavy (non-hydrogen) atoms. The molecule has 4 rings (SSSR count). The molecule has 0 bridgehead atoms. The third-order valence-corrected chi connectivity index (χ3v) is 6.74. The Morgan fingerprint density at radius 1 is 1.17 bits per heavy atom. The largest absolute Gasteiger partial charge is 0.365 e. The maximum Gasteiger partial charge on any atom is 0.253 e. The number of piperidine rings is 1. The van der Waals surface area contributed by atoms with Crippen LogP contribution in [0.2, 0.25) is 0 Å². The molecule has 3 aliphatic rings. The summed E-state index contributed by atoms with van der Waals surface area (Å²) in [5.41, 5.74) is 1.63. The number of morpholine rings is 1. The molecule has 1 aromatic rings. The quantitative estimate of drug-likeness (QED) is 0.749. The maximum atomic E-state index is 12.4. The fraction of sp³-hybridized carbons (Fsp3) is 0.727. The van der Waals surface area contributed by atoms with E-state index in [1.54, 1.807) is 0 Å². The normalized spacial score (nSPS) is 24.1. The van der Waals surface area contributed by atoms with Crippen LogP contribution in [-0.4, -0.2) is 78.2 Å². The molecule has 0 spiro atoms. The molecule has 1 aliphatic carbocycles. The van der Waals surface area contributed by atoms with Crippen LogP contribution in [0.3, 0.4) is 0 Å². The average molecular weight is 403 g/mol. The van der Waals surface area contributed by atoms with E-state index in [2.05, 4.69) is 10.2 Å². The van der Waals surface area contributed by atoms with E-state index >= 15 is 0 Å². The fourth-order valence-corrected chi connectivity index (χ4v) is 4.46. The summed E-state index contributed by atoms with van der Waals surface area (Å²) in [4.78, 5) is 29.3. The zero-order chi connectivity index (χ0) is 20.4. The summed E-state index contributed by atoms with van der Waals surface area (Å²) < 4.78 is 7.61. The number of nitrogens with one attached hydrogen (secondary N) is 1. The minimum Gasteiger partial charge on any atom is -0.365 e. The molecule has 1 atom stereocenters. The zero-order valence-corrected chi connectivity index (χ0v) is 17.7. The van der Waals surface area contributed by atoms with E-state index in [4.69, 9.17) is 4.74 Å². The average Bonchev–Trinajstić information content (AvgIpc) is 3.47. The van der Waals surface area contributed by atoms with E-state index in [-0.39, 0.29) is 24.5 Å². The summed E-state index contributed by atoms with van der Waals surface area (Å²) in [5, 5.41) is 2.97. The van der Waals surface area contributed by atoms with E-state index in [0.29, 0.717) is 24.6 Å². The highest BCUT2D eigenvalue weighted by molar-refractivity contribution is 5.95. The number of carbonyl (C=O) groups is 2. The number of likely N-dealkylation sites (tertiary alicyclic amines) is 1. The first-order chi connectivity index (χ1) is 14.0. The van der Waals surface area contributed by atoms with Crippen LogP contribution in [0.5, 0.6) is 0 Å². The monoisotopic (exact) mass is 402 g/mol. The highest BCUT2D eigenvalue weighted by atomic mass is 16.5. The van der Waals surface area contributed by atoms with Gasteiger partial charge in [-0.05, 0) is 63.6 Å². The molecule has 7 heteroatoms. The lowest BCUT2D eigenvalue weighted by molar-refractivity contribution is -0.149. The molecule has 1 N–H and O–H groups in total. The molecule has 2 aliphatic heterocycles. The van der Waals surface area contributed by atoms with Crippen LogP contribution in [-0.2, 0) is 16.6 Å². The van der Waals surface area contributed by atoms with Gasteiger partial charge in [-0.15, -0.1) is 0 Å². The zero-order valence-electron chi connectivity index (χ0n) is 17.7. The lowest BCUT2D eigenvalue weighted by Gasteiger charge is -2.38. The van der Waals surface area contributed by atoms with Gasteiger partial charge in [-0.1, -0.05) is 0 Å². The fourth-order valence-electron chi connectivity index (χ4n) is 4.46. The smallest absolute Gasteiger partial charge is 0.253 e. The molecule has 0 aromatic carbocycles. The van der Waals surface area contributed by atoms with Crippen LogP contribution < -0.4 is 5.32 Å². The molecule has 0 radical (unpaired) electrons. The number of aryl methyl sites for hydroxylation is 1. The van der Waals surface area contributed by atoms with Crippen LogP contribution in [0.4, 0.5) is 0 Å². The van der Waals surface area contributed by atoms with Crippen molar-refractivity contribution >= 4 is 11.8 Å². The van der Waals surface area contributed by atoms with Crippen LogP contribution in [0.25, 0.3) is 0 Å². The number of amides is 2.